The minimum absolute atomic E-state index is 0.132. The van der Waals surface area contributed by atoms with E-state index in [1.165, 1.54) is 17.2 Å². The molecule has 4 heteroatoms. The van der Waals surface area contributed by atoms with Gasteiger partial charge in [-0.15, -0.1) is 0 Å². The van der Waals surface area contributed by atoms with Crippen molar-refractivity contribution in [2.24, 2.45) is 0 Å². The highest BCUT2D eigenvalue weighted by Crippen LogP contribution is 2.31. The van der Waals surface area contributed by atoms with Crippen LogP contribution in [0.4, 0.5) is 0 Å². The van der Waals surface area contributed by atoms with Crippen molar-refractivity contribution in [2.45, 2.75) is 13.3 Å². The summed E-state index contributed by atoms with van der Waals surface area (Å²) in [5.41, 5.74) is 3.24. The first-order valence-corrected chi connectivity index (χ1v) is 7.86. The smallest absolute Gasteiger partial charge is 0.244 e. The first-order valence-electron chi connectivity index (χ1n) is 7.86. The lowest BCUT2D eigenvalue weighted by atomic mass is 10.1. The second-order valence-corrected chi connectivity index (χ2v) is 5.44. The van der Waals surface area contributed by atoms with Crippen LogP contribution in [-0.4, -0.2) is 26.7 Å². The summed E-state index contributed by atoms with van der Waals surface area (Å²) in [7, 11) is 3.17. The van der Waals surface area contributed by atoms with Gasteiger partial charge in [-0.05, 0) is 31.1 Å². The zero-order valence-corrected chi connectivity index (χ0v) is 14.3. The first-order chi connectivity index (χ1) is 11.6. The summed E-state index contributed by atoms with van der Waals surface area (Å²) in [5, 5.41) is 2.88. The maximum atomic E-state index is 11.9. The van der Waals surface area contributed by atoms with Crippen LogP contribution in [-0.2, 0) is 11.2 Å². The molecule has 0 spiro atoms. The van der Waals surface area contributed by atoms with Gasteiger partial charge in [0.1, 0.15) is 0 Å². The summed E-state index contributed by atoms with van der Waals surface area (Å²) in [4.78, 5) is 11.9. The highest BCUT2D eigenvalue weighted by molar-refractivity contribution is 5.92. The molecular formula is C20H23NO3. The van der Waals surface area contributed by atoms with Gasteiger partial charge in [0, 0.05) is 18.2 Å². The number of para-hydroxylation sites is 1. The molecule has 0 aliphatic heterocycles. The zero-order valence-electron chi connectivity index (χ0n) is 14.3. The molecule has 1 N–H and O–H groups in total. The molecule has 2 aromatic carbocycles. The number of methoxy groups -OCH3 is 2. The Bertz CT molecular complexity index is 705. The van der Waals surface area contributed by atoms with E-state index in [0.29, 0.717) is 18.0 Å². The molecule has 2 aromatic rings. The van der Waals surface area contributed by atoms with E-state index in [4.69, 9.17) is 9.47 Å². The number of ether oxygens (including phenoxy) is 2. The van der Waals surface area contributed by atoms with Crippen molar-refractivity contribution < 1.29 is 14.3 Å². The van der Waals surface area contributed by atoms with Crippen LogP contribution < -0.4 is 14.8 Å². The average Bonchev–Trinajstić information content (AvgIpc) is 2.61. The van der Waals surface area contributed by atoms with E-state index in [0.717, 1.165) is 12.0 Å². The fraction of sp³-hybridized carbons (Fsp3) is 0.250. The summed E-state index contributed by atoms with van der Waals surface area (Å²) >= 11 is 0. The van der Waals surface area contributed by atoms with Gasteiger partial charge >= 0.3 is 0 Å². The van der Waals surface area contributed by atoms with Gasteiger partial charge in [-0.25, -0.2) is 0 Å². The molecule has 4 nitrogen and oxygen atoms in total. The molecule has 0 unspecified atom stereocenters. The molecule has 0 bridgehead atoms. The zero-order chi connectivity index (χ0) is 17.4. The highest BCUT2D eigenvalue weighted by Gasteiger charge is 2.07. The van der Waals surface area contributed by atoms with E-state index < -0.39 is 0 Å². The Morgan fingerprint density at radius 2 is 1.83 bits per heavy atom. The van der Waals surface area contributed by atoms with E-state index in [2.05, 4.69) is 36.5 Å². The second kappa shape index (κ2) is 8.77. The first kappa shape index (κ1) is 17.6. The highest BCUT2D eigenvalue weighted by atomic mass is 16.5. The Hall–Kier alpha value is -2.75. The van der Waals surface area contributed by atoms with Crippen molar-refractivity contribution in [1.29, 1.82) is 0 Å². The Morgan fingerprint density at radius 3 is 2.50 bits per heavy atom. The quantitative estimate of drug-likeness (QED) is 0.794. The molecular weight excluding hydrogens is 302 g/mol. The van der Waals surface area contributed by atoms with Gasteiger partial charge in [0.2, 0.25) is 5.91 Å². The molecule has 0 fully saturated rings. The normalized spacial score (nSPS) is 10.6. The van der Waals surface area contributed by atoms with Gasteiger partial charge in [-0.2, -0.15) is 0 Å². The maximum absolute atomic E-state index is 11.9. The summed E-state index contributed by atoms with van der Waals surface area (Å²) in [6, 6.07) is 13.9. The summed E-state index contributed by atoms with van der Waals surface area (Å²) < 4.78 is 10.6. The third-order valence-electron chi connectivity index (χ3n) is 3.68. The van der Waals surface area contributed by atoms with Gasteiger partial charge in [0.05, 0.1) is 14.2 Å². The number of hydrogen-bond acceptors (Lipinski definition) is 3. The molecule has 0 heterocycles. The van der Waals surface area contributed by atoms with Crippen molar-refractivity contribution in [2.75, 3.05) is 20.8 Å². The van der Waals surface area contributed by atoms with Crippen molar-refractivity contribution in [3.8, 4) is 11.5 Å². The summed E-state index contributed by atoms with van der Waals surface area (Å²) in [6.07, 6.45) is 4.04. The topological polar surface area (TPSA) is 47.6 Å². The van der Waals surface area contributed by atoms with E-state index in [9.17, 15) is 4.79 Å². The fourth-order valence-corrected chi connectivity index (χ4v) is 2.35. The molecule has 0 atom stereocenters. The number of hydrogen-bond donors (Lipinski definition) is 1. The largest absolute Gasteiger partial charge is 0.493 e. The lowest BCUT2D eigenvalue weighted by Gasteiger charge is -2.09. The van der Waals surface area contributed by atoms with E-state index in [1.54, 1.807) is 20.3 Å². The van der Waals surface area contributed by atoms with Crippen LogP contribution in [0, 0.1) is 6.92 Å². The Balaban J connectivity index is 1.90. The van der Waals surface area contributed by atoms with Crippen LogP contribution >= 0.6 is 0 Å². The number of carbonyl (C=O) groups is 1. The van der Waals surface area contributed by atoms with Crippen LogP contribution in [0.2, 0.25) is 0 Å². The third-order valence-corrected chi connectivity index (χ3v) is 3.68. The van der Waals surface area contributed by atoms with Crippen molar-refractivity contribution in [1.82, 2.24) is 5.32 Å². The maximum Gasteiger partial charge on any atom is 0.244 e. The molecule has 0 aliphatic carbocycles. The molecule has 0 aliphatic rings. The Kier molecular flexibility index (Phi) is 6.43. The molecule has 1 amide bonds. The molecule has 0 saturated carbocycles. The number of benzene rings is 2. The predicted molar refractivity (Wildman–Crippen MR) is 96.5 cm³/mol. The number of carbonyl (C=O) groups excluding carboxylic acids is 1. The second-order valence-electron chi connectivity index (χ2n) is 5.44. The van der Waals surface area contributed by atoms with Crippen molar-refractivity contribution >= 4 is 12.0 Å². The minimum atomic E-state index is -0.132. The van der Waals surface area contributed by atoms with Gasteiger partial charge in [0.25, 0.3) is 0 Å². The van der Waals surface area contributed by atoms with E-state index in [-0.39, 0.29) is 5.91 Å². The predicted octanol–water partition coefficient (Wildman–Crippen LogP) is 3.38. The van der Waals surface area contributed by atoms with Crippen LogP contribution in [0.15, 0.2) is 48.5 Å². The van der Waals surface area contributed by atoms with E-state index in [1.807, 2.05) is 18.2 Å². The number of nitrogens with one attached hydrogen (secondary N) is 1. The number of aryl methyl sites for hydroxylation is 1. The molecule has 2 rings (SSSR count). The lowest BCUT2D eigenvalue weighted by Crippen LogP contribution is -2.23. The third kappa shape index (κ3) is 4.88. The molecule has 0 radical (unpaired) electrons. The fourth-order valence-electron chi connectivity index (χ4n) is 2.35. The number of amides is 1. The van der Waals surface area contributed by atoms with Crippen molar-refractivity contribution in [3.05, 3.63) is 65.2 Å². The number of rotatable bonds is 7. The van der Waals surface area contributed by atoms with Gasteiger partial charge < -0.3 is 14.8 Å². The monoisotopic (exact) mass is 325 g/mol. The van der Waals surface area contributed by atoms with Crippen LogP contribution in [0.5, 0.6) is 11.5 Å². The molecule has 0 saturated heterocycles. The van der Waals surface area contributed by atoms with Gasteiger partial charge in [-0.3, -0.25) is 4.79 Å². The summed E-state index contributed by atoms with van der Waals surface area (Å²) in [6.45, 7) is 2.66. The minimum Gasteiger partial charge on any atom is -0.493 e. The summed E-state index contributed by atoms with van der Waals surface area (Å²) in [5.74, 6) is 1.12. The Morgan fingerprint density at radius 1 is 1.08 bits per heavy atom. The standard InChI is InChI=1S/C20H23NO3/c1-15-7-9-16(10-8-15)13-14-21-19(22)12-11-17-5-4-6-18(23-2)20(17)24-3/h4-12H,13-14H2,1-3H3,(H,21,22). The van der Waals surface area contributed by atoms with Crippen molar-refractivity contribution in [3.63, 3.8) is 0 Å². The van der Waals surface area contributed by atoms with Crippen LogP contribution in [0.3, 0.4) is 0 Å². The molecule has 0 aromatic heterocycles. The SMILES string of the molecule is COc1cccc(C=CC(=O)NCCc2ccc(C)cc2)c1OC. The lowest BCUT2D eigenvalue weighted by molar-refractivity contribution is -0.116. The van der Waals surface area contributed by atoms with Gasteiger partial charge in [0.15, 0.2) is 11.5 Å². The molecule has 126 valence electrons. The van der Waals surface area contributed by atoms with Gasteiger partial charge in [-0.1, -0.05) is 42.0 Å². The van der Waals surface area contributed by atoms with E-state index >= 15 is 0 Å². The molecule has 24 heavy (non-hydrogen) atoms. The Labute approximate surface area is 143 Å². The van der Waals surface area contributed by atoms with Crippen LogP contribution in [0.25, 0.3) is 6.08 Å². The van der Waals surface area contributed by atoms with Crippen LogP contribution in [0.1, 0.15) is 16.7 Å². The average molecular weight is 325 g/mol.